The van der Waals surface area contributed by atoms with Crippen molar-refractivity contribution < 1.29 is 23.1 Å². The second-order valence-corrected chi connectivity index (χ2v) is 7.59. The molecule has 1 aromatic rings. The maximum Gasteiger partial charge on any atom is 0.336 e. The van der Waals surface area contributed by atoms with E-state index >= 15 is 0 Å². The van der Waals surface area contributed by atoms with Crippen molar-refractivity contribution in [3.8, 4) is 0 Å². The van der Waals surface area contributed by atoms with E-state index in [4.69, 9.17) is 9.84 Å². The summed E-state index contributed by atoms with van der Waals surface area (Å²) in [5.41, 5.74) is -0.00650. The number of sulfonamides is 1. The highest BCUT2D eigenvalue weighted by atomic mass is 127. The van der Waals surface area contributed by atoms with Crippen molar-refractivity contribution in [2.45, 2.75) is 17.9 Å². The van der Waals surface area contributed by atoms with Gasteiger partial charge in [-0.3, -0.25) is 0 Å². The van der Waals surface area contributed by atoms with Gasteiger partial charge in [0.2, 0.25) is 10.0 Å². The SMILES string of the molecule is CC1CN(S(=O)(=O)c2ccc(I)c(C(=O)O)c2)CCO1. The number of aromatic carboxylic acids is 1. The van der Waals surface area contributed by atoms with Crippen LogP contribution in [0.15, 0.2) is 23.1 Å². The molecule has 0 spiro atoms. The number of carboxylic acid groups (broad SMARTS) is 1. The van der Waals surface area contributed by atoms with Gasteiger partial charge in [0.1, 0.15) is 0 Å². The molecule has 1 N–H and O–H groups in total. The molecule has 6 nitrogen and oxygen atoms in total. The molecular weight excluding hydrogens is 397 g/mol. The molecule has 0 aliphatic carbocycles. The number of rotatable bonds is 3. The molecule has 0 bridgehead atoms. The quantitative estimate of drug-likeness (QED) is 0.761. The van der Waals surface area contributed by atoms with Crippen LogP contribution in [0.3, 0.4) is 0 Å². The molecule has 0 saturated carbocycles. The lowest BCUT2D eigenvalue weighted by molar-refractivity contribution is 0.0102. The van der Waals surface area contributed by atoms with Crippen LogP contribution in [0.2, 0.25) is 0 Å². The molecule has 1 aliphatic heterocycles. The Hall–Kier alpha value is -0.710. The minimum atomic E-state index is -3.68. The normalized spacial score (nSPS) is 20.8. The van der Waals surface area contributed by atoms with E-state index in [1.54, 1.807) is 6.92 Å². The molecular formula is C12H14INO5S. The van der Waals surface area contributed by atoms with Crippen molar-refractivity contribution in [3.05, 3.63) is 27.3 Å². The van der Waals surface area contributed by atoms with Gasteiger partial charge in [-0.05, 0) is 47.7 Å². The monoisotopic (exact) mass is 411 g/mol. The van der Waals surface area contributed by atoms with Crippen molar-refractivity contribution in [2.24, 2.45) is 0 Å². The van der Waals surface area contributed by atoms with Crippen LogP contribution < -0.4 is 0 Å². The first-order valence-electron chi connectivity index (χ1n) is 5.97. The zero-order chi connectivity index (χ0) is 14.9. The number of halogens is 1. The lowest BCUT2D eigenvalue weighted by atomic mass is 10.2. The second kappa shape index (κ2) is 5.96. The summed E-state index contributed by atoms with van der Waals surface area (Å²) in [4.78, 5) is 11.1. The summed E-state index contributed by atoms with van der Waals surface area (Å²) in [5, 5.41) is 9.07. The predicted octanol–water partition coefficient (Wildman–Crippen LogP) is 1.40. The molecule has 1 aromatic carbocycles. The lowest BCUT2D eigenvalue weighted by Crippen LogP contribution is -2.44. The summed E-state index contributed by atoms with van der Waals surface area (Å²) in [7, 11) is -3.68. The topological polar surface area (TPSA) is 83.9 Å². The molecule has 1 aliphatic rings. The van der Waals surface area contributed by atoms with Gasteiger partial charge in [0.25, 0.3) is 0 Å². The second-order valence-electron chi connectivity index (χ2n) is 4.49. The van der Waals surface area contributed by atoms with Gasteiger partial charge in [0, 0.05) is 16.7 Å². The molecule has 1 atom stereocenters. The van der Waals surface area contributed by atoms with Gasteiger partial charge in [-0.1, -0.05) is 0 Å². The third-order valence-electron chi connectivity index (χ3n) is 3.01. The fraction of sp³-hybridized carbons (Fsp3) is 0.417. The first kappa shape index (κ1) is 15.7. The number of morpholine rings is 1. The minimum absolute atomic E-state index is 0.00409. The van der Waals surface area contributed by atoms with Gasteiger partial charge in [-0.2, -0.15) is 4.31 Å². The van der Waals surface area contributed by atoms with E-state index in [2.05, 4.69) is 0 Å². The van der Waals surface area contributed by atoms with Gasteiger partial charge >= 0.3 is 5.97 Å². The summed E-state index contributed by atoms with van der Waals surface area (Å²) >= 11 is 1.87. The Kier molecular flexibility index (Phi) is 4.67. The molecule has 20 heavy (non-hydrogen) atoms. The number of hydrogen-bond donors (Lipinski definition) is 1. The molecule has 8 heteroatoms. The molecule has 1 saturated heterocycles. The maximum absolute atomic E-state index is 12.5. The zero-order valence-corrected chi connectivity index (χ0v) is 13.7. The van der Waals surface area contributed by atoms with Crippen LogP contribution in [-0.4, -0.2) is 49.6 Å². The summed E-state index contributed by atoms with van der Waals surface area (Å²) in [5.74, 6) is -1.14. The van der Waals surface area contributed by atoms with Crippen molar-refractivity contribution >= 4 is 38.6 Å². The van der Waals surface area contributed by atoms with E-state index in [0.29, 0.717) is 10.2 Å². The van der Waals surface area contributed by atoms with E-state index in [1.807, 2.05) is 22.6 Å². The molecule has 1 unspecified atom stereocenters. The van der Waals surface area contributed by atoms with Crippen LogP contribution >= 0.6 is 22.6 Å². The summed E-state index contributed by atoms with van der Waals surface area (Å²) < 4.78 is 32.1. The molecule has 1 heterocycles. The fourth-order valence-corrected chi connectivity index (χ4v) is 4.07. The van der Waals surface area contributed by atoms with Crippen LogP contribution in [0.5, 0.6) is 0 Å². The highest BCUT2D eigenvalue weighted by Crippen LogP contribution is 2.22. The first-order chi connectivity index (χ1) is 9.32. The minimum Gasteiger partial charge on any atom is -0.478 e. The van der Waals surface area contributed by atoms with Crippen LogP contribution in [0, 0.1) is 3.57 Å². The highest BCUT2D eigenvalue weighted by molar-refractivity contribution is 14.1. The van der Waals surface area contributed by atoms with Crippen molar-refractivity contribution in [1.82, 2.24) is 4.31 Å². The van der Waals surface area contributed by atoms with Gasteiger partial charge in [-0.25, -0.2) is 13.2 Å². The van der Waals surface area contributed by atoms with Gasteiger partial charge in [0.15, 0.2) is 0 Å². The largest absolute Gasteiger partial charge is 0.478 e. The number of ether oxygens (including phenoxy) is 1. The number of hydrogen-bond acceptors (Lipinski definition) is 4. The average molecular weight is 411 g/mol. The highest BCUT2D eigenvalue weighted by Gasteiger charge is 2.29. The number of carbonyl (C=O) groups is 1. The Bertz CT molecular complexity index is 631. The number of benzene rings is 1. The maximum atomic E-state index is 12.5. The van der Waals surface area contributed by atoms with Gasteiger partial charge < -0.3 is 9.84 Å². The Morgan fingerprint density at radius 3 is 2.80 bits per heavy atom. The zero-order valence-electron chi connectivity index (χ0n) is 10.7. The molecule has 1 fully saturated rings. The van der Waals surface area contributed by atoms with Crippen molar-refractivity contribution in [3.63, 3.8) is 0 Å². The third-order valence-corrected chi connectivity index (χ3v) is 5.81. The summed E-state index contributed by atoms with van der Waals surface area (Å²) in [6.07, 6.45) is -0.165. The Labute approximate surface area is 130 Å². The van der Waals surface area contributed by atoms with E-state index in [9.17, 15) is 13.2 Å². The molecule has 2 rings (SSSR count). The smallest absolute Gasteiger partial charge is 0.336 e. The molecule has 0 aromatic heterocycles. The van der Waals surface area contributed by atoms with Crippen LogP contribution in [0.1, 0.15) is 17.3 Å². The van der Waals surface area contributed by atoms with Crippen LogP contribution in [-0.2, 0) is 14.8 Å². The number of nitrogens with zero attached hydrogens (tertiary/aromatic N) is 1. The van der Waals surface area contributed by atoms with Gasteiger partial charge in [0.05, 0.1) is 23.2 Å². The lowest BCUT2D eigenvalue weighted by Gasteiger charge is -2.30. The Morgan fingerprint density at radius 2 is 2.20 bits per heavy atom. The molecule has 0 amide bonds. The Morgan fingerprint density at radius 1 is 1.50 bits per heavy atom. The third kappa shape index (κ3) is 3.13. The van der Waals surface area contributed by atoms with Crippen LogP contribution in [0.4, 0.5) is 0 Å². The standard InChI is InChI=1S/C12H14INO5S/c1-8-7-14(4-5-19-8)20(17,18)9-2-3-11(13)10(6-9)12(15)16/h2-3,6,8H,4-5,7H2,1H3,(H,15,16). The van der Waals surface area contributed by atoms with Gasteiger partial charge in [-0.15, -0.1) is 0 Å². The number of carboxylic acids is 1. The van der Waals surface area contributed by atoms with E-state index in [1.165, 1.54) is 22.5 Å². The molecule has 0 radical (unpaired) electrons. The van der Waals surface area contributed by atoms with E-state index < -0.39 is 16.0 Å². The first-order valence-corrected chi connectivity index (χ1v) is 8.49. The fourth-order valence-electron chi connectivity index (χ4n) is 1.98. The molecule has 110 valence electrons. The Balaban J connectivity index is 2.39. The van der Waals surface area contributed by atoms with Crippen LogP contribution in [0.25, 0.3) is 0 Å². The van der Waals surface area contributed by atoms with Crippen molar-refractivity contribution in [2.75, 3.05) is 19.7 Å². The average Bonchev–Trinajstić information content (AvgIpc) is 2.38. The summed E-state index contributed by atoms with van der Waals surface area (Å²) in [6.45, 7) is 2.70. The van der Waals surface area contributed by atoms with E-state index in [-0.39, 0.29) is 29.7 Å². The predicted molar refractivity (Wildman–Crippen MR) is 80.3 cm³/mol. The van der Waals surface area contributed by atoms with Crippen molar-refractivity contribution in [1.29, 1.82) is 0 Å². The summed E-state index contributed by atoms with van der Waals surface area (Å²) in [6, 6.07) is 4.14. The van der Waals surface area contributed by atoms with E-state index in [0.717, 1.165) is 0 Å².